The molecule has 0 aromatic carbocycles. The third-order valence-corrected chi connectivity index (χ3v) is 5.53. The van der Waals surface area contributed by atoms with Crippen molar-refractivity contribution in [2.75, 3.05) is 0 Å². The van der Waals surface area contributed by atoms with Crippen molar-refractivity contribution in [2.45, 2.75) is 43.6 Å². The molecule has 0 amide bonds. The van der Waals surface area contributed by atoms with Gasteiger partial charge in [0.05, 0.1) is 0 Å². The summed E-state index contributed by atoms with van der Waals surface area (Å²) in [7, 11) is 4.09. The summed E-state index contributed by atoms with van der Waals surface area (Å²) in [5, 5.41) is 0.878. The van der Waals surface area contributed by atoms with Crippen molar-refractivity contribution in [1.82, 2.24) is 0 Å². The lowest BCUT2D eigenvalue weighted by Crippen LogP contribution is -2.19. The first kappa shape index (κ1) is 7.80. The number of hydrogen-bond donors (Lipinski definition) is 0. The summed E-state index contributed by atoms with van der Waals surface area (Å²) in [6.45, 7) is 6.97. The Bertz CT molecular complexity index is 89.1. The molecular formula is C7H14S2. The van der Waals surface area contributed by atoms with E-state index in [4.69, 9.17) is 0 Å². The quantitative estimate of drug-likeness (QED) is 0.501. The summed E-state index contributed by atoms with van der Waals surface area (Å²) >= 11 is 0. The zero-order valence-electron chi connectivity index (χ0n) is 6.31. The van der Waals surface area contributed by atoms with Crippen molar-refractivity contribution in [2.24, 2.45) is 0 Å². The van der Waals surface area contributed by atoms with Gasteiger partial charge in [0.2, 0.25) is 0 Å². The summed E-state index contributed by atoms with van der Waals surface area (Å²) in [6.07, 6.45) is 2.77. The van der Waals surface area contributed by atoms with E-state index in [0.29, 0.717) is 4.75 Å². The smallest absolute Gasteiger partial charge is 0.0207 e. The number of rotatable bonds is 0. The van der Waals surface area contributed by atoms with E-state index >= 15 is 0 Å². The van der Waals surface area contributed by atoms with Crippen LogP contribution in [0, 0.1) is 0 Å². The fourth-order valence-corrected chi connectivity index (χ4v) is 3.51. The molecular weight excluding hydrogens is 148 g/mol. The lowest BCUT2D eigenvalue weighted by molar-refractivity contribution is 0.597. The molecule has 0 spiro atoms. The maximum Gasteiger partial charge on any atom is 0.0207 e. The Kier molecular flexibility index (Phi) is 2.38. The summed E-state index contributed by atoms with van der Waals surface area (Å²) in [4.78, 5) is 0. The predicted octanol–water partition coefficient (Wildman–Crippen LogP) is 3.33. The summed E-state index contributed by atoms with van der Waals surface area (Å²) < 4.78 is 0.539. The fourth-order valence-electron chi connectivity index (χ4n) is 0.853. The SMILES string of the molecule is CC1CCC(C)(C)SS1. The van der Waals surface area contributed by atoms with E-state index in [1.165, 1.54) is 12.8 Å². The van der Waals surface area contributed by atoms with Gasteiger partial charge in [0.25, 0.3) is 0 Å². The van der Waals surface area contributed by atoms with Crippen LogP contribution in [0.25, 0.3) is 0 Å². The van der Waals surface area contributed by atoms with Gasteiger partial charge in [-0.1, -0.05) is 28.5 Å². The van der Waals surface area contributed by atoms with Gasteiger partial charge in [-0.05, 0) is 26.7 Å². The molecule has 1 saturated heterocycles. The molecule has 1 aliphatic heterocycles. The monoisotopic (exact) mass is 162 g/mol. The maximum absolute atomic E-state index is 2.33. The molecule has 1 aliphatic rings. The molecule has 1 unspecified atom stereocenters. The predicted molar refractivity (Wildman–Crippen MR) is 48.0 cm³/mol. The molecule has 0 nitrogen and oxygen atoms in total. The number of hydrogen-bond acceptors (Lipinski definition) is 2. The Hall–Kier alpha value is 0.700. The average Bonchev–Trinajstić information content (AvgIpc) is 1.78. The minimum atomic E-state index is 0.539. The van der Waals surface area contributed by atoms with Crippen molar-refractivity contribution in [1.29, 1.82) is 0 Å². The van der Waals surface area contributed by atoms with E-state index in [1.54, 1.807) is 0 Å². The maximum atomic E-state index is 2.33. The third kappa shape index (κ3) is 2.42. The molecule has 0 N–H and O–H groups in total. The van der Waals surface area contributed by atoms with Gasteiger partial charge in [0.1, 0.15) is 0 Å². The van der Waals surface area contributed by atoms with E-state index in [-0.39, 0.29) is 0 Å². The highest BCUT2D eigenvalue weighted by Crippen LogP contribution is 2.47. The average molecular weight is 162 g/mol. The Morgan fingerprint density at radius 2 is 2.11 bits per heavy atom. The Morgan fingerprint density at radius 3 is 2.44 bits per heavy atom. The summed E-state index contributed by atoms with van der Waals surface area (Å²) in [5.41, 5.74) is 0. The van der Waals surface area contributed by atoms with Gasteiger partial charge in [-0.2, -0.15) is 0 Å². The van der Waals surface area contributed by atoms with Gasteiger partial charge in [-0.25, -0.2) is 0 Å². The van der Waals surface area contributed by atoms with E-state index < -0.39 is 0 Å². The normalized spacial score (nSPS) is 34.3. The van der Waals surface area contributed by atoms with Crippen LogP contribution in [0.5, 0.6) is 0 Å². The minimum Gasteiger partial charge on any atom is -0.0905 e. The van der Waals surface area contributed by atoms with Gasteiger partial charge >= 0.3 is 0 Å². The minimum absolute atomic E-state index is 0.539. The molecule has 0 aromatic rings. The van der Waals surface area contributed by atoms with Gasteiger partial charge in [0.15, 0.2) is 0 Å². The van der Waals surface area contributed by atoms with Crippen molar-refractivity contribution in [3.05, 3.63) is 0 Å². The lowest BCUT2D eigenvalue weighted by atomic mass is 10.1. The van der Waals surface area contributed by atoms with Crippen molar-refractivity contribution in [3.8, 4) is 0 Å². The van der Waals surface area contributed by atoms with E-state index in [9.17, 15) is 0 Å². The van der Waals surface area contributed by atoms with Crippen LogP contribution in [0.15, 0.2) is 0 Å². The van der Waals surface area contributed by atoms with Gasteiger partial charge < -0.3 is 0 Å². The van der Waals surface area contributed by atoms with Crippen LogP contribution in [-0.2, 0) is 0 Å². The fraction of sp³-hybridized carbons (Fsp3) is 1.00. The van der Waals surface area contributed by atoms with Crippen LogP contribution in [0.4, 0.5) is 0 Å². The van der Waals surface area contributed by atoms with Gasteiger partial charge in [0, 0.05) is 10.00 Å². The summed E-state index contributed by atoms with van der Waals surface area (Å²) in [6, 6.07) is 0. The van der Waals surface area contributed by atoms with Crippen molar-refractivity contribution < 1.29 is 0 Å². The molecule has 0 aromatic heterocycles. The summed E-state index contributed by atoms with van der Waals surface area (Å²) in [5.74, 6) is 0. The highest BCUT2D eigenvalue weighted by Gasteiger charge is 2.25. The zero-order valence-corrected chi connectivity index (χ0v) is 7.94. The molecule has 1 atom stereocenters. The molecule has 1 fully saturated rings. The van der Waals surface area contributed by atoms with Crippen LogP contribution in [0.1, 0.15) is 33.6 Å². The molecule has 1 heterocycles. The Labute approximate surface area is 65.6 Å². The van der Waals surface area contributed by atoms with Crippen molar-refractivity contribution >= 4 is 21.6 Å². The molecule has 2 heteroatoms. The van der Waals surface area contributed by atoms with Crippen LogP contribution < -0.4 is 0 Å². The molecule has 0 saturated carbocycles. The van der Waals surface area contributed by atoms with E-state index in [1.807, 2.05) is 21.6 Å². The Balaban J connectivity index is 2.35. The third-order valence-electron chi connectivity index (χ3n) is 1.59. The van der Waals surface area contributed by atoms with E-state index in [2.05, 4.69) is 20.8 Å². The topological polar surface area (TPSA) is 0 Å². The lowest BCUT2D eigenvalue weighted by Gasteiger charge is -2.30. The van der Waals surface area contributed by atoms with Crippen LogP contribution in [0.3, 0.4) is 0 Å². The van der Waals surface area contributed by atoms with Gasteiger partial charge in [-0.15, -0.1) is 0 Å². The standard InChI is InChI=1S/C7H14S2/c1-6-4-5-7(2,3)9-8-6/h6H,4-5H2,1-3H3. The first-order valence-corrected chi connectivity index (χ1v) is 5.66. The largest absolute Gasteiger partial charge is 0.0905 e. The molecule has 0 bridgehead atoms. The van der Waals surface area contributed by atoms with Gasteiger partial charge in [-0.3, -0.25) is 0 Å². The highest BCUT2D eigenvalue weighted by molar-refractivity contribution is 8.77. The molecule has 0 radical (unpaired) electrons. The van der Waals surface area contributed by atoms with E-state index in [0.717, 1.165) is 5.25 Å². The Morgan fingerprint density at radius 1 is 1.44 bits per heavy atom. The first-order chi connectivity index (χ1) is 4.10. The highest BCUT2D eigenvalue weighted by atomic mass is 33.1. The second-order valence-electron chi connectivity index (χ2n) is 3.29. The van der Waals surface area contributed by atoms with Crippen LogP contribution in [0.2, 0.25) is 0 Å². The molecule has 9 heavy (non-hydrogen) atoms. The van der Waals surface area contributed by atoms with Crippen LogP contribution in [-0.4, -0.2) is 10.00 Å². The molecule has 1 rings (SSSR count). The molecule has 54 valence electrons. The molecule has 0 aliphatic carbocycles. The second kappa shape index (κ2) is 2.75. The zero-order chi connectivity index (χ0) is 6.91. The second-order valence-corrected chi connectivity index (χ2v) is 6.63. The van der Waals surface area contributed by atoms with Crippen LogP contribution >= 0.6 is 21.6 Å². The first-order valence-electron chi connectivity index (χ1n) is 3.45. The van der Waals surface area contributed by atoms with Crippen molar-refractivity contribution in [3.63, 3.8) is 0 Å².